The Morgan fingerprint density at radius 1 is 0.811 bits per heavy atom. The number of amides is 7. The van der Waals surface area contributed by atoms with Crippen LogP contribution in [0.4, 0.5) is 5.69 Å². The van der Waals surface area contributed by atoms with E-state index < -0.39 is 165 Å². The number of aliphatic hydroxyl groups is 6. The molecule has 12 N–H and O–H groups in total. The molecule has 0 spiro atoms. The molecule has 6 fully saturated rings. The number of methoxy groups -OCH3 is 1. The second kappa shape index (κ2) is 32.9. The number of phenolic OH excluding ortho intramolecular Hbond substituents is 1. The molecule has 13 atom stereocenters. The summed E-state index contributed by atoms with van der Waals surface area (Å²) in [6.45, 7) is 10.9. The van der Waals surface area contributed by atoms with Gasteiger partial charge in [0.25, 0.3) is 18.2 Å². The predicted molar refractivity (Wildman–Crippen MR) is 314 cm³/mol. The Hall–Kier alpha value is -5.47. The number of piperazine rings is 1. The molecule has 2 saturated carbocycles. The van der Waals surface area contributed by atoms with Gasteiger partial charge in [-0.05, 0) is 93.3 Å². The van der Waals surface area contributed by atoms with Crippen molar-refractivity contribution in [3.63, 3.8) is 0 Å². The van der Waals surface area contributed by atoms with Gasteiger partial charge in [-0.15, -0.1) is 4.33 Å². The fraction of sp³-hybridized carbons (Fsp3) is 0.661. The third-order valence-corrected chi connectivity index (χ3v) is 18.9. The number of β-amino-alcohol motifs (C(OH)–C–C–N with tert-alkyl or cyclic N) is 1. The maximum absolute atomic E-state index is 14.6. The van der Waals surface area contributed by atoms with E-state index in [1.54, 1.807) is 24.3 Å². The molecule has 4 saturated heterocycles. The Labute approximate surface area is 548 Å². The van der Waals surface area contributed by atoms with Gasteiger partial charge >= 0.3 is 29.6 Å². The van der Waals surface area contributed by atoms with Crippen LogP contribution < -0.4 is 70.5 Å². The van der Waals surface area contributed by atoms with Gasteiger partial charge in [0.05, 0.1) is 36.1 Å². The number of carbonyl (C=O) groups is 7. The van der Waals surface area contributed by atoms with Crippen molar-refractivity contribution in [2.45, 2.75) is 175 Å². The summed E-state index contributed by atoms with van der Waals surface area (Å²) in [6.07, 6.45) is -1.56. The van der Waals surface area contributed by atoms with E-state index in [-0.39, 0.29) is 70.9 Å². The average Bonchev–Trinajstić information content (AvgIpc) is 1.15. The first-order valence-electron chi connectivity index (χ1n) is 30.3. The number of benzene rings is 2. The van der Waals surface area contributed by atoms with E-state index in [1.807, 2.05) is 7.11 Å². The zero-order valence-electron chi connectivity index (χ0n) is 51.0. The Bertz CT molecular complexity index is 2840. The minimum atomic E-state index is -2.14. The number of anilines is 1. The largest absolute Gasteiger partial charge is 1.00 e. The summed E-state index contributed by atoms with van der Waals surface area (Å²) in [4.78, 5) is 111. The van der Waals surface area contributed by atoms with Gasteiger partial charge in [-0.2, -0.15) is 0 Å². The first-order chi connectivity index (χ1) is 42.6. The number of ether oxygens (including phenoxy) is 1. The number of hydrogen-bond acceptors (Lipinski definition) is 22. The molecule has 0 aromatic heterocycles. The van der Waals surface area contributed by atoms with Crippen molar-refractivity contribution in [2.75, 3.05) is 64.4 Å². The fourth-order valence-electron chi connectivity index (χ4n) is 13.6. The molecule has 6 aliphatic rings. The van der Waals surface area contributed by atoms with E-state index in [1.165, 1.54) is 45.1 Å². The van der Waals surface area contributed by atoms with E-state index >= 15 is 0 Å². The number of carbonyl (C=O) groups excluding carboxylic acids is 7. The van der Waals surface area contributed by atoms with Crippen molar-refractivity contribution in [3.05, 3.63) is 65.0 Å². The molecule has 90 heavy (non-hydrogen) atoms. The van der Waals surface area contributed by atoms with Gasteiger partial charge < -0.3 is 96.1 Å². The van der Waals surface area contributed by atoms with Gasteiger partial charge in [0.2, 0.25) is 42.0 Å². The third-order valence-electron chi connectivity index (χ3n) is 18.6. The molecule has 490 valence electrons. The minimum Gasteiger partial charge on any atom is -0.691 e. The van der Waals surface area contributed by atoms with Crippen LogP contribution >= 0.6 is 12.3 Å². The number of aromatic hydroxyl groups is 1. The molecule has 0 unspecified atom stereocenters. The van der Waals surface area contributed by atoms with Crippen LogP contribution in [0.1, 0.15) is 100 Å². The van der Waals surface area contributed by atoms with Gasteiger partial charge in [-0.3, -0.25) is 43.5 Å². The summed E-state index contributed by atoms with van der Waals surface area (Å²) in [5.41, 5.74) is 1.04. The first-order valence-corrected chi connectivity index (χ1v) is 31.0. The molecule has 2 aliphatic carbocycles. The molecule has 29 nitrogen and oxygen atoms in total. The number of phenols is 1. The monoisotopic (exact) mass is 1290 g/mol. The van der Waals surface area contributed by atoms with Gasteiger partial charge in [0, 0.05) is 95.4 Å². The van der Waals surface area contributed by atoms with Gasteiger partial charge in [0.1, 0.15) is 36.3 Å². The second-order valence-corrected chi connectivity index (χ2v) is 24.8. The molecular formula is C59H83N10NaO19S. The summed E-state index contributed by atoms with van der Waals surface area (Å²) in [5, 5.41) is 104. The molecule has 31 heteroatoms. The van der Waals surface area contributed by atoms with Crippen LogP contribution in [-0.4, -0.2) is 236 Å². The zero-order valence-corrected chi connectivity index (χ0v) is 53.8. The molecule has 0 radical (unpaired) electrons. The molecular weight excluding hydrogens is 1210 g/mol. The molecule has 2 aromatic carbocycles. The van der Waals surface area contributed by atoms with Gasteiger partial charge in [0.15, 0.2) is 17.6 Å². The SMILES string of the molecule is [C-]#[N+]C[C@@H](O)[C@@H]1NC(=O)[C@H]([C@H](O)Cc2ccc(O)c(OSOO[O-])c2)NC(=O)[C@@H]2C[C@H](O)CN2C(=O)[C@H]([C@H](C)O)NC(=O)[C@@H](NC(=O)c2ccc(N3CCN(C4CCC(OC)(C5CCCCC5)CC4)CC3)cc2)C[C@H](O)CNC(=O)[C@@H]2[C@@H](O)[C@H](C)CN2C1=O.[Na+]. The standard InChI is InChI=1S/C59H84N10O19S.Na/c1-32-30-69-50(51(32)76)56(81)61-28-39(71)26-41(62-52(77)35-11-13-37(14-12-35)66-20-22-67(23-21-66)38-16-18-59(85-4,19-17-38)36-8-6-5-7-9-36)53(78)63-47(33(2)70)57(82)68-31-40(72)27-42(68)54(79)64-48(55(80)65-49(58(69)83)45(75)29-60-3)44(74)24-34-10-15-43(73)46(25-34)86-89-88-87-84;/h10-15,25,32-33,36,38-42,44-45,47-51,70-76,84H,5-9,16-24,26-31H2,1-2,4H3,(H,61,81)(H,62,77)(H,63,78)(H,64,79)(H,65,80);/q;+1/p-1/t32-,33+,38?,39+,40+,41+,42+,44-,45-,47+,48+,49+,50+,51+,59?;/m1./s1. The predicted octanol–water partition coefficient (Wildman–Crippen LogP) is -5.54. The van der Waals surface area contributed by atoms with E-state index in [0.717, 1.165) is 86.4 Å². The molecule has 8 rings (SSSR count). The van der Waals surface area contributed by atoms with E-state index in [4.69, 9.17) is 15.5 Å². The van der Waals surface area contributed by atoms with Crippen LogP contribution in [0.15, 0.2) is 42.5 Å². The quantitative estimate of drug-likeness (QED) is 0.0186. The van der Waals surface area contributed by atoms with Crippen LogP contribution in [0.25, 0.3) is 4.85 Å². The number of nitrogens with zero attached hydrogens (tertiary/aromatic N) is 5. The Balaban J connectivity index is 0.0000115. The van der Waals surface area contributed by atoms with Gasteiger partial charge in [-0.1, -0.05) is 32.3 Å². The van der Waals surface area contributed by atoms with Gasteiger partial charge in [-0.25, -0.2) is 6.57 Å². The van der Waals surface area contributed by atoms with Crippen LogP contribution in [0.2, 0.25) is 0 Å². The Kier molecular flexibility index (Phi) is 26.3. The minimum absolute atomic E-state index is 0. The molecule has 4 heterocycles. The summed E-state index contributed by atoms with van der Waals surface area (Å²) in [7, 11) is 1.87. The summed E-state index contributed by atoms with van der Waals surface area (Å²) < 4.78 is 15.4. The first kappa shape index (κ1) is 72.0. The third kappa shape index (κ3) is 17.4. The smallest absolute Gasteiger partial charge is 0.691 e. The van der Waals surface area contributed by atoms with Crippen LogP contribution in [-0.2, 0) is 49.3 Å². The number of nitrogens with one attached hydrogen (secondary N) is 5. The van der Waals surface area contributed by atoms with Crippen molar-refractivity contribution in [3.8, 4) is 11.5 Å². The van der Waals surface area contributed by atoms with E-state index in [9.17, 15) is 74.6 Å². The average molecular weight is 1290 g/mol. The van der Waals surface area contributed by atoms with E-state index in [0.29, 0.717) is 12.0 Å². The van der Waals surface area contributed by atoms with Crippen molar-refractivity contribution in [1.29, 1.82) is 0 Å². The number of rotatable bonds is 16. The molecule has 4 aliphatic heterocycles. The number of fused-ring (bicyclic) bond motifs is 2. The van der Waals surface area contributed by atoms with Crippen LogP contribution in [0, 0.1) is 18.4 Å². The maximum atomic E-state index is 14.6. The van der Waals surface area contributed by atoms with Crippen LogP contribution in [0.3, 0.4) is 0 Å². The number of hydrogen-bond donors (Lipinski definition) is 12. The topological polar surface area (TPSA) is 399 Å². The van der Waals surface area contributed by atoms with Crippen molar-refractivity contribution in [2.24, 2.45) is 11.8 Å². The number of aliphatic hydroxyl groups excluding tert-OH is 6. The molecule has 7 amide bonds. The summed E-state index contributed by atoms with van der Waals surface area (Å²) in [6, 6.07) is -0.590. The fourth-order valence-corrected chi connectivity index (χ4v) is 13.8. The maximum Gasteiger partial charge on any atom is 1.00 e. The second-order valence-electron chi connectivity index (χ2n) is 24.3. The molecule has 2 aromatic rings. The summed E-state index contributed by atoms with van der Waals surface area (Å²) >= 11 is 0.0144. The zero-order chi connectivity index (χ0) is 64.3. The van der Waals surface area contributed by atoms with E-state index in [2.05, 4.69) is 50.6 Å². The Morgan fingerprint density at radius 2 is 1.47 bits per heavy atom. The molecule has 0 bridgehead atoms. The Morgan fingerprint density at radius 3 is 2.11 bits per heavy atom. The van der Waals surface area contributed by atoms with Crippen LogP contribution in [0.5, 0.6) is 11.5 Å². The van der Waals surface area contributed by atoms with Crippen molar-refractivity contribution in [1.82, 2.24) is 41.3 Å². The normalized spacial score (nSPS) is 30.8. The van der Waals surface area contributed by atoms with Crippen molar-refractivity contribution >= 4 is 59.4 Å². The summed E-state index contributed by atoms with van der Waals surface area (Å²) in [5.74, 6) is -8.85. The van der Waals surface area contributed by atoms with Crippen molar-refractivity contribution < 1.29 is 122 Å².